The number of rotatable bonds is 83. The maximum absolute atomic E-state index is 13.1. The summed E-state index contributed by atoms with van der Waals surface area (Å²) in [4.78, 5) is 73.2. The average molecular weight is 1510 g/mol. The van der Waals surface area contributed by atoms with E-state index in [1.807, 2.05) is 0 Å². The van der Waals surface area contributed by atoms with Gasteiger partial charge in [-0.3, -0.25) is 37.3 Å². The molecule has 0 aliphatic rings. The Labute approximate surface area is 632 Å². The molecule has 2 unspecified atom stereocenters. The van der Waals surface area contributed by atoms with Crippen molar-refractivity contribution in [2.75, 3.05) is 39.6 Å². The standard InChI is InChI=1S/C84H164O17P2/c1-7-9-11-13-15-17-19-21-22-23-24-25-26-29-33-37-44-50-56-62-68-83(88)100-79(72-95-82(87)67-61-55-49-43-36-32-30-27-28-31-34-40-46-52-58-64-76(3)4)74-98-102(90,91)96-70-78(85)71-97-103(92,93)99-75-80(73-94-81(86)66-60-54-48-42-35-20-18-16-14-12-10-8-2)101-84(89)69-63-57-51-45-39-38-41-47-53-59-65-77(5)6/h76-80,85H,7-75H2,1-6H3,(H,90,91)(H,92,93)/t78-,79-,80-/m1/s1. The Morgan fingerprint density at radius 2 is 0.447 bits per heavy atom. The second-order valence-electron chi connectivity index (χ2n) is 31.2. The van der Waals surface area contributed by atoms with Gasteiger partial charge in [0.15, 0.2) is 12.2 Å². The first-order valence-corrected chi connectivity index (χ1v) is 46.5. The number of esters is 4. The average Bonchev–Trinajstić information content (AvgIpc) is 0.922. The lowest BCUT2D eigenvalue weighted by Crippen LogP contribution is -2.30. The van der Waals surface area contributed by atoms with E-state index in [4.69, 9.17) is 37.0 Å². The van der Waals surface area contributed by atoms with E-state index in [1.54, 1.807) is 0 Å². The lowest BCUT2D eigenvalue weighted by Gasteiger charge is -2.21. The Balaban J connectivity index is 5.24. The number of carbonyl (C=O) groups excluding carboxylic acids is 4. The molecule has 0 spiro atoms. The number of ether oxygens (including phenoxy) is 4. The predicted octanol–water partition coefficient (Wildman–Crippen LogP) is 25.5. The van der Waals surface area contributed by atoms with Crippen LogP contribution in [0.3, 0.4) is 0 Å². The molecule has 17 nitrogen and oxygen atoms in total. The minimum Gasteiger partial charge on any atom is -0.462 e. The van der Waals surface area contributed by atoms with E-state index in [9.17, 15) is 43.2 Å². The second-order valence-corrected chi connectivity index (χ2v) is 34.1. The van der Waals surface area contributed by atoms with Crippen molar-refractivity contribution in [3.63, 3.8) is 0 Å². The number of phosphoric ester groups is 2. The van der Waals surface area contributed by atoms with Gasteiger partial charge < -0.3 is 33.8 Å². The molecule has 0 fully saturated rings. The number of carbonyl (C=O) groups is 4. The van der Waals surface area contributed by atoms with E-state index in [-0.39, 0.29) is 25.7 Å². The van der Waals surface area contributed by atoms with Crippen molar-refractivity contribution in [1.29, 1.82) is 0 Å². The smallest absolute Gasteiger partial charge is 0.462 e. The third-order valence-electron chi connectivity index (χ3n) is 19.7. The summed E-state index contributed by atoms with van der Waals surface area (Å²) in [5.41, 5.74) is 0. The summed E-state index contributed by atoms with van der Waals surface area (Å²) in [5, 5.41) is 10.7. The predicted molar refractivity (Wildman–Crippen MR) is 423 cm³/mol. The molecule has 0 heterocycles. The lowest BCUT2D eigenvalue weighted by atomic mass is 10.0. The van der Waals surface area contributed by atoms with Crippen LogP contribution in [0.15, 0.2) is 0 Å². The number of hydrogen-bond donors (Lipinski definition) is 3. The maximum Gasteiger partial charge on any atom is 0.472 e. The van der Waals surface area contributed by atoms with Crippen molar-refractivity contribution >= 4 is 39.5 Å². The van der Waals surface area contributed by atoms with Crippen molar-refractivity contribution < 1.29 is 80.2 Å². The molecule has 0 aromatic rings. The molecule has 0 bridgehead atoms. The van der Waals surface area contributed by atoms with Crippen LogP contribution in [0.2, 0.25) is 0 Å². The van der Waals surface area contributed by atoms with E-state index in [2.05, 4.69) is 41.5 Å². The molecular weight excluding hydrogens is 1340 g/mol. The highest BCUT2D eigenvalue weighted by molar-refractivity contribution is 7.47. The van der Waals surface area contributed by atoms with Crippen molar-refractivity contribution in [3.8, 4) is 0 Å². The molecule has 3 N–H and O–H groups in total. The molecule has 0 amide bonds. The van der Waals surface area contributed by atoms with Gasteiger partial charge in [0.2, 0.25) is 0 Å². The Morgan fingerprint density at radius 3 is 0.660 bits per heavy atom. The van der Waals surface area contributed by atoms with E-state index in [1.165, 1.54) is 263 Å². The Morgan fingerprint density at radius 1 is 0.262 bits per heavy atom. The highest BCUT2D eigenvalue weighted by atomic mass is 31.2. The van der Waals surface area contributed by atoms with Gasteiger partial charge in [0.05, 0.1) is 26.4 Å². The third kappa shape index (κ3) is 78.0. The number of aliphatic hydroxyl groups excluding tert-OH is 1. The lowest BCUT2D eigenvalue weighted by molar-refractivity contribution is -0.161. The quantitative estimate of drug-likeness (QED) is 0.0222. The zero-order valence-corrected chi connectivity index (χ0v) is 69.4. The largest absolute Gasteiger partial charge is 0.472 e. The molecule has 0 aromatic carbocycles. The number of phosphoric acid groups is 2. The van der Waals surface area contributed by atoms with Gasteiger partial charge >= 0.3 is 39.5 Å². The minimum atomic E-state index is -4.96. The molecular formula is C84H164O17P2. The van der Waals surface area contributed by atoms with E-state index >= 15 is 0 Å². The van der Waals surface area contributed by atoms with E-state index < -0.39 is 97.5 Å². The van der Waals surface area contributed by atoms with Gasteiger partial charge in [-0.15, -0.1) is 0 Å². The van der Waals surface area contributed by atoms with Gasteiger partial charge in [-0.25, -0.2) is 9.13 Å². The van der Waals surface area contributed by atoms with Gasteiger partial charge in [-0.05, 0) is 37.5 Å². The van der Waals surface area contributed by atoms with Gasteiger partial charge in [0.1, 0.15) is 19.3 Å². The SMILES string of the molecule is CCCCCCCCCCCCCCCCCCCCCCC(=O)O[C@H](COC(=O)CCCCCCCCCCCCCCCCCC(C)C)COP(=O)(O)OC[C@@H](O)COP(=O)(O)OC[C@@H](COC(=O)CCCCCCCCCCCCCC)OC(=O)CCCCCCCCCCCCC(C)C. The molecule has 5 atom stereocenters. The van der Waals surface area contributed by atoms with Crippen LogP contribution < -0.4 is 0 Å². The zero-order chi connectivity index (χ0) is 75.6. The van der Waals surface area contributed by atoms with Crippen molar-refractivity contribution in [2.45, 2.75) is 464 Å². The summed E-state index contributed by atoms with van der Waals surface area (Å²) in [5.74, 6) is -0.545. The third-order valence-corrected chi connectivity index (χ3v) is 21.6. The normalized spacial score (nSPS) is 13.9. The molecule has 0 aromatic heterocycles. The van der Waals surface area contributed by atoms with Crippen molar-refractivity contribution in [3.05, 3.63) is 0 Å². The molecule has 19 heteroatoms. The van der Waals surface area contributed by atoms with Crippen LogP contribution in [-0.4, -0.2) is 96.7 Å². The summed E-state index contributed by atoms with van der Waals surface area (Å²) >= 11 is 0. The highest BCUT2D eigenvalue weighted by Gasteiger charge is 2.30. The van der Waals surface area contributed by atoms with Crippen LogP contribution in [-0.2, 0) is 65.4 Å². The topological polar surface area (TPSA) is 237 Å². The van der Waals surface area contributed by atoms with E-state index in [0.717, 1.165) is 102 Å². The molecule has 0 aliphatic carbocycles. The van der Waals surface area contributed by atoms with Crippen LogP contribution in [0.4, 0.5) is 0 Å². The Kier molecular flexibility index (Phi) is 74.1. The monoisotopic (exact) mass is 1510 g/mol. The molecule has 0 saturated carbocycles. The molecule has 103 heavy (non-hydrogen) atoms. The van der Waals surface area contributed by atoms with E-state index in [0.29, 0.717) is 25.7 Å². The van der Waals surface area contributed by atoms with Crippen LogP contribution in [0.1, 0.15) is 446 Å². The summed E-state index contributed by atoms with van der Waals surface area (Å²) in [6, 6.07) is 0. The number of unbranched alkanes of at least 4 members (excludes halogenated alkanes) is 53. The van der Waals surface area contributed by atoms with Crippen molar-refractivity contribution in [2.24, 2.45) is 11.8 Å². The number of aliphatic hydroxyl groups is 1. The Bertz CT molecular complexity index is 1980. The van der Waals surface area contributed by atoms with Crippen LogP contribution in [0.25, 0.3) is 0 Å². The summed E-state index contributed by atoms with van der Waals surface area (Å²) in [6.07, 6.45) is 66.6. The zero-order valence-electron chi connectivity index (χ0n) is 67.6. The summed E-state index contributed by atoms with van der Waals surface area (Å²) in [7, 11) is -9.92. The molecule has 612 valence electrons. The van der Waals surface area contributed by atoms with Gasteiger partial charge in [-0.2, -0.15) is 0 Å². The summed E-state index contributed by atoms with van der Waals surface area (Å²) in [6.45, 7) is 9.67. The molecule has 0 radical (unpaired) electrons. The fourth-order valence-electron chi connectivity index (χ4n) is 13.1. The maximum atomic E-state index is 13.1. The molecule has 0 rings (SSSR count). The first-order valence-electron chi connectivity index (χ1n) is 43.5. The Hall–Kier alpha value is -1.94. The molecule has 0 saturated heterocycles. The number of hydrogen-bond acceptors (Lipinski definition) is 15. The highest BCUT2D eigenvalue weighted by Crippen LogP contribution is 2.45. The van der Waals surface area contributed by atoms with Crippen molar-refractivity contribution in [1.82, 2.24) is 0 Å². The second kappa shape index (κ2) is 75.5. The first kappa shape index (κ1) is 101. The van der Waals surface area contributed by atoms with Gasteiger partial charge in [-0.1, -0.05) is 395 Å². The summed E-state index contributed by atoms with van der Waals surface area (Å²) < 4.78 is 68.8. The minimum absolute atomic E-state index is 0.107. The fourth-order valence-corrected chi connectivity index (χ4v) is 14.6. The molecule has 0 aliphatic heterocycles. The fraction of sp³-hybridized carbons (Fsp3) is 0.952. The first-order chi connectivity index (χ1) is 49.9. The van der Waals surface area contributed by atoms with Gasteiger partial charge in [0, 0.05) is 25.7 Å². The van der Waals surface area contributed by atoms with Crippen LogP contribution in [0.5, 0.6) is 0 Å². The van der Waals surface area contributed by atoms with Gasteiger partial charge in [0.25, 0.3) is 0 Å². The van der Waals surface area contributed by atoms with Crippen LogP contribution >= 0.6 is 15.6 Å². The van der Waals surface area contributed by atoms with Crippen LogP contribution in [0, 0.1) is 11.8 Å².